The summed E-state index contributed by atoms with van der Waals surface area (Å²) in [6.07, 6.45) is 3.90. The Balaban J connectivity index is 2.22. The quantitative estimate of drug-likeness (QED) is 0.859. The predicted molar refractivity (Wildman–Crippen MR) is 85.0 cm³/mol. The van der Waals surface area contributed by atoms with Gasteiger partial charge >= 0.3 is 0 Å². The summed E-state index contributed by atoms with van der Waals surface area (Å²) in [5.41, 5.74) is 10.4. The fourth-order valence-corrected chi connectivity index (χ4v) is 3.72. The van der Waals surface area contributed by atoms with Crippen LogP contribution >= 0.6 is 15.9 Å². The van der Waals surface area contributed by atoms with E-state index in [0.29, 0.717) is 0 Å². The molecule has 1 aliphatic rings. The van der Waals surface area contributed by atoms with E-state index >= 15 is 0 Å². The number of nitrogens with zero attached hydrogens (tertiary/aromatic N) is 2. The van der Waals surface area contributed by atoms with Gasteiger partial charge in [0.1, 0.15) is 0 Å². The van der Waals surface area contributed by atoms with Gasteiger partial charge < -0.3 is 10.3 Å². The molecule has 0 fully saturated rings. The predicted octanol–water partition coefficient (Wildman–Crippen LogP) is 3.92. The maximum absolute atomic E-state index is 6.37. The number of aromatic nitrogens is 2. The second-order valence-electron chi connectivity index (χ2n) is 6.48. The Kier molecular flexibility index (Phi) is 3.26. The number of halogens is 1. The molecule has 2 heterocycles. The minimum atomic E-state index is 0.121. The summed E-state index contributed by atoms with van der Waals surface area (Å²) in [6, 6.07) is 6.31. The molecule has 1 unspecified atom stereocenters. The van der Waals surface area contributed by atoms with Crippen molar-refractivity contribution in [2.24, 2.45) is 11.1 Å². The molecule has 4 heteroatoms. The van der Waals surface area contributed by atoms with E-state index in [1.165, 1.54) is 17.0 Å². The zero-order valence-electron chi connectivity index (χ0n) is 12.2. The van der Waals surface area contributed by atoms with Crippen LogP contribution in [0.3, 0.4) is 0 Å². The first-order chi connectivity index (χ1) is 9.39. The highest BCUT2D eigenvalue weighted by molar-refractivity contribution is 9.10. The van der Waals surface area contributed by atoms with Gasteiger partial charge in [0.25, 0.3) is 0 Å². The van der Waals surface area contributed by atoms with Gasteiger partial charge in [-0.2, -0.15) is 0 Å². The fourth-order valence-electron chi connectivity index (χ4n) is 3.28. The number of aryl methyl sites for hydroxylation is 1. The van der Waals surface area contributed by atoms with Crippen LogP contribution in [0.4, 0.5) is 0 Å². The molecule has 3 nitrogen and oxygen atoms in total. The molecule has 2 aromatic rings. The maximum Gasteiger partial charge on any atom is 0.151 e. The largest absolute Gasteiger partial charge is 0.324 e. The summed E-state index contributed by atoms with van der Waals surface area (Å²) in [7, 11) is 0. The van der Waals surface area contributed by atoms with Crippen LogP contribution in [0, 0.1) is 12.3 Å². The van der Waals surface area contributed by atoms with Gasteiger partial charge in [-0.1, -0.05) is 13.8 Å². The van der Waals surface area contributed by atoms with Crippen LogP contribution in [-0.2, 0) is 6.42 Å². The van der Waals surface area contributed by atoms with E-state index in [0.717, 1.165) is 23.1 Å². The highest BCUT2D eigenvalue weighted by Gasteiger charge is 2.33. The lowest BCUT2D eigenvalue weighted by molar-refractivity contribution is 0.278. The SMILES string of the molecule is Cc1cc2c(n1-c1ncccc1Br)CC(C)(C)CC2N. The van der Waals surface area contributed by atoms with E-state index in [-0.39, 0.29) is 11.5 Å². The van der Waals surface area contributed by atoms with Crippen LogP contribution in [0.2, 0.25) is 0 Å². The van der Waals surface area contributed by atoms with Gasteiger partial charge in [0.05, 0.1) is 4.47 Å². The normalized spacial score (nSPS) is 20.8. The zero-order valence-corrected chi connectivity index (χ0v) is 13.7. The van der Waals surface area contributed by atoms with Crippen LogP contribution in [0.25, 0.3) is 5.82 Å². The maximum atomic E-state index is 6.37. The first-order valence-corrected chi connectivity index (χ1v) is 7.76. The standard InChI is InChI=1S/C16H20BrN3/c1-10-7-11-13(18)8-16(2,3)9-14(11)20(10)15-12(17)5-4-6-19-15/h4-7,13H,8-9,18H2,1-3H3. The lowest BCUT2D eigenvalue weighted by Crippen LogP contribution is -2.30. The molecular weight excluding hydrogens is 314 g/mol. The van der Waals surface area contributed by atoms with Crippen molar-refractivity contribution in [2.45, 2.75) is 39.7 Å². The van der Waals surface area contributed by atoms with E-state index in [9.17, 15) is 0 Å². The number of rotatable bonds is 1. The van der Waals surface area contributed by atoms with E-state index < -0.39 is 0 Å². The van der Waals surface area contributed by atoms with Crippen LogP contribution in [0.1, 0.15) is 43.3 Å². The Labute approximate surface area is 128 Å². The van der Waals surface area contributed by atoms with Crippen molar-refractivity contribution in [3.8, 4) is 5.82 Å². The Morgan fingerprint density at radius 1 is 1.45 bits per heavy atom. The highest BCUT2D eigenvalue weighted by atomic mass is 79.9. The molecule has 0 bridgehead atoms. The van der Waals surface area contributed by atoms with Crippen LogP contribution in [-0.4, -0.2) is 9.55 Å². The molecule has 0 aromatic carbocycles. The fraction of sp³-hybridized carbons (Fsp3) is 0.438. The Bertz CT molecular complexity index is 658. The second kappa shape index (κ2) is 4.71. The molecule has 2 aromatic heterocycles. The molecule has 0 spiro atoms. The molecule has 3 rings (SSSR count). The van der Waals surface area contributed by atoms with E-state index in [1.54, 1.807) is 0 Å². The summed E-state index contributed by atoms with van der Waals surface area (Å²) in [4.78, 5) is 4.54. The number of hydrogen-bond acceptors (Lipinski definition) is 2. The number of fused-ring (bicyclic) bond motifs is 1. The summed E-state index contributed by atoms with van der Waals surface area (Å²) in [5, 5.41) is 0. The first kappa shape index (κ1) is 13.8. The summed E-state index contributed by atoms with van der Waals surface area (Å²) < 4.78 is 3.26. The summed E-state index contributed by atoms with van der Waals surface area (Å²) in [5.74, 6) is 0.955. The van der Waals surface area contributed by atoms with Crippen molar-refractivity contribution in [1.82, 2.24) is 9.55 Å². The zero-order chi connectivity index (χ0) is 14.5. The van der Waals surface area contributed by atoms with Crippen molar-refractivity contribution in [3.05, 3.63) is 45.8 Å². The second-order valence-corrected chi connectivity index (χ2v) is 7.34. The molecule has 1 aliphatic carbocycles. The minimum Gasteiger partial charge on any atom is -0.324 e. The van der Waals surface area contributed by atoms with Crippen molar-refractivity contribution in [2.75, 3.05) is 0 Å². The van der Waals surface area contributed by atoms with Gasteiger partial charge in [-0.3, -0.25) is 0 Å². The van der Waals surface area contributed by atoms with Gasteiger partial charge in [0, 0.05) is 23.6 Å². The average molecular weight is 334 g/mol. The third-order valence-corrected chi connectivity index (χ3v) is 4.71. The van der Waals surface area contributed by atoms with Crippen LogP contribution < -0.4 is 5.73 Å². The highest BCUT2D eigenvalue weighted by Crippen LogP contribution is 2.42. The lowest BCUT2D eigenvalue weighted by atomic mass is 9.74. The number of pyridine rings is 1. The van der Waals surface area contributed by atoms with E-state index in [1.807, 2.05) is 18.3 Å². The first-order valence-electron chi connectivity index (χ1n) is 6.97. The molecule has 0 amide bonds. The topological polar surface area (TPSA) is 43.8 Å². The van der Waals surface area contributed by atoms with Gasteiger partial charge in [-0.05, 0) is 64.9 Å². The van der Waals surface area contributed by atoms with Crippen molar-refractivity contribution < 1.29 is 0 Å². The van der Waals surface area contributed by atoms with Crippen molar-refractivity contribution in [1.29, 1.82) is 0 Å². The summed E-state index contributed by atoms with van der Waals surface area (Å²) in [6.45, 7) is 6.70. The van der Waals surface area contributed by atoms with E-state index in [4.69, 9.17) is 5.73 Å². The Morgan fingerprint density at radius 3 is 2.90 bits per heavy atom. The van der Waals surface area contributed by atoms with E-state index in [2.05, 4.69) is 52.3 Å². The summed E-state index contributed by atoms with van der Waals surface area (Å²) >= 11 is 3.61. The Morgan fingerprint density at radius 2 is 2.20 bits per heavy atom. The molecule has 0 aliphatic heterocycles. The minimum absolute atomic E-state index is 0.121. The number of nitrogens with two attached hydrogens (primary N) is 1. The van der Waals surface area contributed by atoms with Crippen LogP contribution in [0.15, 0.2) is 28.9 Å². The molecule has 2 N–H and O–H groups in total. The molecule has 1 atom stereocenters. The van der Waals surface area contributed by atoms with Gasteiger partial charge in [0.15, 0.2) is 5.82 Å². The Hall–Kier alpha value is -1.13. The molecule has 0 saturated heterocycles. The molecule has 106 valence electrons. The lowest BCUT2D eigenvalue weighted by Gasteiger charge is -2.34. The van der Waals surface area contributed by atoms with Gasteiger partial charge in [-0.25, -0.2) is 4.98 Å². The van der Waals surface area contributed by atoms with Crippen molar-refractivity contribution >= 4 is 15.9 Å². The molecule has 0 saturated carbocycles. The molecule has 20 heavy (non-hydrogen) atoms. The van der Waals surface area contributed by atoms with Crippen LogP contribution in [0.5, 0.6) is 0 Å². The molecule has 0 radical (unpaired) electrons. The molecular formula is C16H20BrN3. The smallest absolute Gasteiger partial charge is 0.151 e. The average Bonchev–Trinajstić information content (AvgIpc) is 2.66. The van der Waals surface area contributed by atoms with Gasteiger partial charge in [0.2, 0.25) is 0 Å². The van der Waals surface area contributed by atoms with Gasteiger partial charge in [-0.15, -0.1) is 0 Å². The third-order valence-electron chi connectivity index (χ3n) is 4.09. The monoisotopic (exact) mass is 333 g/mol. The van der Waals surface area contributed by atoms with Crippen molar-refractivity contribution in [3.63, 3.8) is 0 Å². The third kappa shape index (κ3) is 2.21. The number of hydrogen-bond donors (Lipinski definition) is 1.